The van der Waals surface area contributed by atoms with Gasteiger partial charge in [0.1, 0.15) is 0 Å². The van der Waals surface area contributed by atoms with Crippen LogP contribution in [0.4, 0.5) is 4.79 Å². The minimum absolute atomic E-state index is 0.0793. The molecule has 0 aromatic rings. The summed E-state index contributed by atoms with van der Waals surface area (Å²) in [7, 11) is -1.49. The molecule has 1 atom stereocenters. The number of rotatable bonds is 5. The van der Waals surface area contributed by atoms with Crippen LogP contribution in [0.1, 0.15) is 20.3 Å². The highest BCUT2D eigenvalue weighted by Crippen LogP contribution is 2.12. The van der Waals surface area contributed by atoms with E-state index in [-0.39, 0.29) is 5.73 Å². The van der Waals surface area contributed by atoms with Gasteiger partial charge in [-0.3, -0.25) is 9.69 Å². The molecule has 0 bridgehead atoms. The molecule has 0 saturated carbocycles. The van der Waals surface area contributed by atoms with E-state index in [9.17, 15) is 9.59 Å². The summed E-state index contributed by atoms with van der Waals surface area (Å²) in [5.41, 5.74) is -0.0793. The van der Waals surface area contributed by atoms with Gasteiger partial charge < -0.3 is 4.74 Å². The van der Waals surface area contributed by atoms with Crippen molar-refractivity contribution in [2.45, 2.75) is 45.6 Å². The highest BCUT2D eigenvalue weighted by Gasteiger charge is 2.27. The summed E-state index contributed by atoms with van der Waals surface area (Å²) >= 11 is 0. The largest absolute Gasteiger partial charge is 0.450 e. The van der Waals surface area contributed by atoms with Gasteiger partial charge in [-0.25, -0.2) is 4.79 Å². The van der Waals surface area contributed by atoms with Gasteiger partial charge in [-0.15, -0.1) is 0 Å². The molecule has 0 aromatic heterocycles. The molecule has 0 aliphatic carbocycles. The molecule has 0 fully saturated rings. The third-order valence-electron chi connectivity index (χ3n) is 2.32. The summed E-state index contributed by atoms with van der Waals surface area (Å²) in [4.78, 5) is 23.2. The van der Waals surface area contributed by atoms with Crippen molar-refractivity contribution in [3.05, 3.63) is 0 Å². The first-order valence-electron chi connectivity index (χ1n) is 5.25. The minimum Gasteiger partial charge on any atom is -0.450 e. The van der Waals surface area contributed by atoms with Crippen LogP contribution in [0.2, 0.25) is 19.6 Å². The summed E-state index contributed by atoms with van der Waals surface area (Å²) in [6.45, 7) is 10.6. The third kappa shape index (κ3) is 4.97. The van der Waals surface area contributed by atoms with Crippen molar-refractivity contribution in [2.75, 3.05) is 6.54 Å². The summed E-state index contributed by atoms with van der Waals surface area (Å²) in [6.07, 6.45) is 0.750. The van der Waals surface area contributed by atoms with E-state index < -0.39 is 14.2 Å². The summed E-state index contributed by atoms with van der Waals surface area (Å²) < 4.78 is 5.24. The maximum Gasteiger partial charge on any atom is 0.416 e. The van der Waals surface area contributed by atoms with Crippen LogP contribution < -0.4 is 0 Å². The van der Waals surface area contributed by atoms with Gasteiger partial charge in [-0.1, -0.05) is 26.6 Å². The number of imide groups is 1. The fraction of sp³-hybridized carbons (Fsp3) is 0.800. The first-order valence-corrected chi connectivity index (χ1v) is 8.83. The van der Waals surface area contributed by atoms with Crippen LogP contribution in [0.25, 0.3) is 0 Å². The number of hydrogen-bond donors (Lipinski definition) is 0. The van der Waals surface area contributed by atoms with Crippen molar-refractivity contribution in [1.29, 1.82) is 0 Å². The topological polar surface area (TPSA) is 46.6 Å². The van der Waals surface area contributed by atoms with Gasteiger partial charge in [0.25, 0.3) is 0 Å². The predicted molar refractivity (Wildman–Crippen MR) is 62.4 cm³/mol. The third-order valence-corrected chi connectivity index (χ3v) is 4.88. The summed E-state index contributed by atoms with van der Waals surface area (Å²) in [5, 5.41) is 0. The van der Waals surface area contributed by atoms with Crippen molar-refractivity contribution in [1.82, 2.24) is 4.90 Å². The van der Waals surface area contributed by atoms with Crippen molar-refractivity contribution in [2.24, 2.45) is 0 Å². The number of carbonyl (C=O) groups is 2. The first kappa shape index (κ1) is 14.2. The molecule has 0 radical (unpaired) electrons. The molecule has 0 N–H and O–H groups in total. The Balaban J connectivity index is 4.28. The van der Waals surface area contributed by atoms with Crippen LogP contribution in [-0.2, 0) is 9.53 Å². The maximum absolute atomic E-state index is 11.5. The van der Waals surface area contributed by atoms with Crippen LogP contribution in [0.15, 0.2) is 0 Å². The van der Waals surface area contributed by atoms with Gasteiger partial charge >= 0.3 is 6.09 Å². The summed E-state index contributed by atoms with van der Waals surface area (Å²) in [6, 6.07) is 0. The van der Waals surface area contributed by atoms with E-state index in [2.05, 4.69) is 19.6 Å². The van der Waals surface area contributed by atoms with E-state index in [0.717, 1.165) is 11.3 Å². The van der Waals surface area contributed by atoms with Crippen LogP contribution in [-0.4, -0.2) is 37.7 Å². The lowest BCUT2D eigenvalue weighted by atomic mass is 10.4. The molecule has 2 amide bonds. The average molecular weight is 231 g/mol. The molecule has 0 rings (SSSR count). The highest BCUT2D eigenvalue weighted by molar-refractivity contribution is 6.77. The molecule has 1 unspecified atom stereocenters. The lowest BCUT2D eigenvalue weighted by Gasteiger charge is -2.26. The minimum atomic E-state index is -1.49. The summed E-state index contributed by atoms with van der Waals surface area (Å²) in [5.74, 6) is 0. The number of hydrogen-bond acceptors (Lipinski definition) is 3. The smallest absolute Gasteiger partial charge is 0.416 e. The van der Waals surface area contributed by atoms with Gasteiger partial charge in [-0.05, 0) is 13.3 Å². The van der Waals surface area contributed by atoms with E-state index in [0.29, 0.717) is 13.0 Å². The molecule has 0 spiro atoms. The second kappa shape index (κ2) is 5.90. The van der Waals surface area contributed by atoms with Crippen LogP contribution in [0, 0.1) is 0 Å². The molecular weight excluding hydrogens is 210 g/mol. The van der Waals surface area contributed by atoms with Crippen molar-refractivity contribution < 1.29 is 14.3 Å². The fourth-order valence-corrected chi connectivity index (χ4v) is 1.28. The van der Waals surface area contributed by atoms with Crippen molar-refractivity contribution >= 4 is 20.6 Å². The highest BCUT2D eigenvalue weighted by atomic mass is 28.3. The van der Waals surface area contributed by atoms with Crippen molar-refractivity contribution in [3.8, 4) is 0 Å². The quantitative estimate of drug-likeness (QED) is 0.538. The predicted octanol–water partition coefficient (Wildman–Crippen LogP) is 2.26. The molecule has 15 heavy (non-hydrogen) atoms. The Morgan fingerprint density at radius 1 is 1.47 bits per heavy atom. The lowest BCUT2D eigenvalue weighted by molar-refractivity contribution is -0.116. The second-order valence-corrected chi connectivity index (χ2v) is 10.2. The van der Waals surface area contributed by atoms with Crippen molar-refractivity contribution in [3.63, 3.8) is 0 Å². The van der Waals surface area contributed by atoms with Gasteiger partial charge in [0.15, 0.2) is 0 Å². The molecule has 0 aromatic carbocycles. The van der Waals surface area contributed by atoms with Gasteiger partial charge in [0.05, 0.1) is 13.8 Å². The first-order chi connectivity index (χ1) is 6.82. The molecule has 5 heteroatoms. The van der Waals surface area contributed by atoms with Gasteiger partial charge in [-0.2, -0.15) is 0 Å². The SMILES string of the molecule is CCCN(C=O)C(=O)OC(C)[Si](C)(C)C. The normalized spacial score (nSPS) is 13.1. The van der Waals surface area contributed by atoms with Gasteiger partial charge in [0.2, 0.25) is 6.41 Å². The zero-order chi connectivity index (χ0) is 12.1. The van der Waals surface area contributed by atoms with Crippen LogP contribution >= 0.6 is 0 Å². The average Bonchev–Trinajstić information content (AvgIpc) is 2.12. The van der Waals surface area contributed by atoms with Crippen LogP contribution in [0.5, 0.6) is 0 Å². The standard InChI is InChI=1S/C10H21NO3Si/c1-6-7-11(8-12)10(13)14-9(2)15(3,4)5/h8-9H,6-7H2,1-5H3. The maximum atomic E-state index is 11.5. The Morgan fingerprint density at radius 2 is 2.00 bits per heavy atom. The Morgan fingerprint density at radius 3 is 2.33 bits per heavy atom. The van der Waals surface area contributed by atoms with E-state index in [4.69, 9.17) is 4.74 Å². The van der Waals surface area contributed by atoms with E-state index in [1.807, 2.05) is 13.8 Å². The Bertz CT molecular complexity index is 225. The molecule has 0 heterocycles. The lowest BCUT2D eigenvalue weighted by Crippen LogP contribution is -2.43. The molecule has 0 aliphatic heterocycles. The van der Waals surface area contributed by atoms with Crippen LogP contribution in [0.3, 0.4) is 0 Å². The second-order valence-electron chi connectivity index (χ2n) is 4.69. The zero-order valence-electron chi connectivity index (χ0n) is 10.2. The Kier molecular flexibility index (Phi) is 5.57. The Hall–Kier alpha value is -0.843. The number of ether oxygens (including phenoxy) is 1. The Labute approximate surface area is 92.6 Å². The fourth-order valence-electron chi connectivity index (χ4n) is 0.824. The number of nitrogens with zero attached hydrogens (tertiary/aromatic N) is 1. The van der Waals surface area contributed by atoms with E-state index in [1.165, 1.54) is 0 Å². The number of amides is 2. The molecule has 0 saturated heterocycles. The van der Waals surface area contributed by atoms with E-state index >= 15 is 0 Å². The molecule has 4 nitrogen and oxygen atoms in total. The molecular formula is C10H21NO3Si. The molecule has 0 aliphatic rings. The van der Waals surface area contributed by atoms with E-state index in [1.54, 1.807) is 0 Å². The van der Waals surface area contributed by atoms with Gasteiger partial charge in [0, 0.05) is 6.54 Å². The zero-order valence-corrected chi connectivity index (χ0v) is 11.2. The number of carbonyl (C=O) groups excluding carboxylic acids is 2. The molecule has 88 valence electrons. The monoisotopic (exact) mass is 231 g/mol.